The van der Waals surface area contributed by atoms with Crippen LogP contribution in [0, 0.1) is 0 Å². The van der Waals surface area contributed by atoms with Gasteiger partial charge in [0, 0.05) is 39.1 Å². The Balaban J connectivity index is 1.72. The van der Waals surface area contributed by atoms with Crippen molar-refractivity contribution in [1.82, 2.24) is 9.80 Å². The van der Waals surface area contributed by atoms with E-state index < -0.39 is 9.84 Å². The molecule has 2 rings (SSSR count). The van der Waals surface area contributed by atoms with Crippen LogP contribution in [0.1, 0.15) is 45.4 Å². The SMILES string of the molecule is CC[C@@H](O)CN1CCN(C(=O)CCS(=O)(=O)C2CCCC2)CC1. The number of aliphatic hydroxyl groups excluding tert-OH is 1. The summed E-state index contributed by atoms with van der Waals surface area (Å²) in [5.74, 6) is -0.0621. The third-order valence-electron chi connectivity index (χ3n) is 5.08. The first-order valence-electron chi connectivity index (χ1n) is 8.82. The second kappa shape index (κ2) is 8.44. The fourth-order valence-corrected chi connectivity index (χ4v) is 5.25. The standard InChI is InChI=1S/C16H30N2O4S/c1-2-14(19)13-17-8-10-18(11-9-17)16(20)7-12-23(21,22)15-5-3-4-6-15/h14-15,19H,2-13H2,1H3/t14-/m1/s1. The van der Waals surface area contributed by atoms with Crippen LogP contribution in [0.25, 0.3) is 0 Å². The van der Waals surface area contributed by atoms with Crippen molar-refractivity contribution < 1.29 is 18.3 Å². The summed E-state index contributed by atoms with van der Waals surface area (Å²) in [6.07, 6.45) is 4.03. The highest BCUT2D eigenvalue weighted by molar-refractivity contribution is 7.92. The summed E-state index contributed by atoms with van der Waals surface area (Å²) in [7, 11) is -3.11. The molecule has 23 heavy (non-hydrogen) atoms. The second-order valence-corrected chi connectivity index (χ2v) is 9.17. The summed E-state index contributed by atoms with van der Waals surface area (Å²) in [4.78, 5) is 16.2. The van der Waals surface area contributed by atoms with Gasteiger partial charge in [0.05, 0.1) is 17.1 Å². The Kier molecular flexibility index (Phi) is 6.85. The van der Waals surface area contributed by atoms with Crippen LogP contribution in [0.4, 0.5) is 0 Å². The van der Waals surface area contributed by atoms with Crippen molar-refractivity contribution in [2.24, 2.45) is 0 Å². The number of piperazine rings is 1. The minimum Gasteiger partial charge on any atom is -0.392 e. The lowest BCUT2D eigenvalue weighted by Crippen LogP contribution is -2.50. The van der Waals surface area contributed by atoms with Gasteiger partial charge in [0.25, 0.3) is 0 Å². The van der Waals surface area contributed by atoms with Gasteiger partial charge in [-0.05, 0) is 19.3 Å². The number of amides is 1. The maximum absolute atomic E-state index is 12.2. The number of β-amino-alcohol motifs (C(OH)–C–C–N with tert-alkyl or cyclic N) is 1. The van der Waals surface area contributed by atoms with Crippen molar-refractivity contribution >= 4 is 15.7 Å². The molecule has 1 atom stereocenters. The molecule has 0 bridgehead atoms. The molecule has 1 aliphatic heterocycles. The highest BCUT2D eigenvalue weighted by Crippen LogP contribution is 2.25. The molecule has 7 heteroatoms. The van der Waals surface area contributed by atoms with Gasteiger partial charge in [-0.25, -0.2) is 8.42 Å². The van der Waals surface area contributed by atoms with Crippen LogP contribution in [0.5, 0.6) is 0 Å². The van der Waals surface area contributed by atoms with Crippen molar-refractivity contribution in [3.63, 3.8) is 0 Å². The van der Waals surface area contributed by atoms with Crippen molar-refractivity contribution in [2.45, 2.75) is 56.8 Å². The smallest absolute Gasteiger partial charge is 0.223 e. The van der Waals surface area contributed by atoms with Crippen molar-refractivity contribution in [1.29, 1.82) is 0 Å². The van der Waals surface area contributed by atoms with E-state index in [2.05, 4.69) is 4.90 Å². The first-order valence-corrected chi connectivity index (χ1v) is 10.5. The summed E-state index contributed by atoms with van der Waals surface area (Å²) in [6.45, 7) is 5.34. The molecular weight excluding hydrogens is 316 g/mol. The Hall–Kier alpha value is -0.660. The molecule has 2 aliphatic rings. The molecule has 2 fully saturated rings. The van der Waals surface area contributed by atoms with Gasteiger partial charge in [0.2, 0.25) is 5.91 Å². The number of carbonyl (C=O) groups is 1. The third-order valence-corrected chi connectivity index (χ3v) is 7.34. The zero-order valence-electron chi connectivity index (χ0n) is 14.1. The van der Waals surface area contributed by atoms with Gasteiger partial charge in [0.15, 0.2) is 9.84 Å². The lowest BCUT2D eigenvalue weighted by Gasteiger charge is -2.35. The molecule has 1 aliphatic carbocycles. The third kappa shape index (κ3) is 5.43. The topological polar surface area (TPSA) is 77.9 Å². The number of rotatable bonds is 7. The molecule has 1 heterocycles. The number of aliphatic hydroxyl groups is 1. The van der Waals surface area contributed by atoms with Crippen LogP contribution in [0.3, 0.4) is 0 Å². The summed E-state index contributed by atoms with van der Waals surface area (Å²) in [5.41, 5.74) is 0. The number of nitrogens with zero attached hydrogens (tertiary/aromatic N) is 2. The first kappa shape index (κ1) is 18.7. The maximum Gasteiger partial charge on any atom is 0.223 e. The molecule has 0 aromatic heterocycles. The van der Waals surface area contributed by atoms with E-state index in [4.69, 9.17) is 0 Å². The predicted octanol–water partition coefficient (Wildman–Crippen LogP) is 0.649. The van der Waals surface area contributed by atoms with E-state index in [0.717, 1.165) is 45.2 Å². The second-order valence-electron chi connectivity index (χ2n) is 6.77. The molecule has 0 aromatic rings. The fraction of sp³-hybridized carbons (Fsp3) is 0.938. The molecule has 0 spiro atoms. The zero-order chi connectivity index (χ0) is 16.9. The monoisotopic (exact) mass is 346 g/mol. The van der Waals surface area contributed by atoms with Crippen LogP contribution in [0.15, 0.2) is 0 Å². The minimum absolute atomic E-state index is 0.00867. The number of carbonyl (C=O) groups excluding carboxylic acids is 1. The molecule has 1 saturated heterocycles. The number of sulfone groups is 1. The summed E-state index contributed by atoms with van der Waals surface area (Å²) >= 11 is 0. The van der Waals surface area contributed by atoms with E-state index in [9.17, 15) is 18.3 Å². The lowest BCUT2D eigenvalue weighted by molar-refractivity contribution is -0.132. The molecule has 1 saturated carbocycles. The Morgan fingerprint density at radius 2 is 1.78 bits per heavy atom. The van der Waals surface area contributed by atoms with Gasteiger partial charge in [-0.1, -0.05) is 19.8 Å². The van der Waals surface area contributed by atoms with Crippen molar-refractivity contribution in [2.75, 3.05) is 38.5 Å². The largest absolute Gasteiger partial charge is 0.392 e. The van der Waals surface area contributed by atoms with Gasteiger partial charge in [-0.15, -0.1) is 0 Å². The van der Waals surface area contributed by atoms with Gasteiger partial charge in [0.1, 0.15) is 0 Å². The molecular formula is C16H30N2O4S. The normalized spacial score (nSPS) is 22.4. The number of hydrogen-bond donors (Lipinski definition) is 1. The van der Waals surface area contributed by atoms with Crippen LogP contribution >= 0.6 is 0 Å². The average molecular weight is 346 g/mol. The van der Waals surface area contributed by atoms with Crippen LogP contribution in [-0.4, -0.2) is 79.1 Å². The summed E-state index contributed by atoms with van der Waals surface area (Å²) < 4.78 is 24.4. The molecule has 1 N–H and O–H groups in total. The Bertz CT molecular complexity index is 480. The molecule has 0 unspecified atom stereocenters. The summed E-state index contributed by atoms with van der Waals surface area (Å²) in [6, 6.07) is 0. The van der Waals surface area contributed by atoms with Crippen molar-refractivity contribution in [3.8, 4) is 0 Å². The highest BCUT2D eigenvalue weighted by atomic mass is 32.2. The van der Waals surface area contributed by atoms with Gasteiger partial charge >= 0.3 is 0 Å². The average Bonchev–Trinajstić information content (AvgIpc) is 3.08. The highest BCUT2D eigenvalue weighted by Gasteiger charge is 2.30. The van der Waals surface area contributed by atoms with Crippen LogP contribution < -0.4 is 0 Å². The molecule has 0 radical (unpaired) electrons. The zero-order valence-corrected chi connectivity index (χ0v) is 14.9. The first-order chi connectivity index (χ1) is 10.9. The molecule has 6 nitrogen and oxygen atoms in total. The van der Waals surface area contributed by atoms with E-state index in [1.54, 1.807) is 4.90 Å². The summed E-state index contributed by atoms with van der Waals surface area (Å²) in [5, 5.41) is 9.45. The quantitative estimate of drug-likeness (QED) is 0.732. The van der Waals surface area contributed by atoms with Crippen LogP contribution in [0.2, 0.25) is 0 Å². The Morgan fingerprint density at radius 1 is 1.17 bits per heavy atom. The Labute approximate surface area is 139 Å². The van der Waals surface area contributed by atoms with E-state index in [-0.39, 0.29) is 29.4 Å². The van der Waals surface area contributed by atoms with Gasteiger partial charge < -0.3 is 10.0 Å². The van der Waals surface area contributed by atoms with E-state index in [0.29, 0.717) is 19.6 Å². The van der Waals surface area contributed by atoms with Crippen LogP contribution in [-0.2, 0) is 14.6 Å². The van der Waals surface area contributed by atoms with Gasteiger partial charge in [-0.3, -0.25) is 9.69 Å². The lowest BCUT2D eigenvalue weighted by atomic mass is 10.2. The minimum atomic E-state index is -3.11. The van der Waals surface area contributed by atoms with E-state index in [1.807, 2.05) is 6.92 Å². The molecule has 134 valence electrons. The maximum atomic E-state index is 12.2. The Morgan fingerprint density at radius 3 is 2.35 bits per heavy atom. The van der Waals surface area contributed by atoms with E-state index in [1.165, 1.54) is 0 Å². The fourth-order valence-electron chi connectivity index (χ4n) is 3.41. The molecule has 0 aromatic carbocycles. The predicted molar refractivity (Wildman–Crippen MR) is 90.0 cm³/mol. The van der Waals surface area contributed by atoms with Crippen molar-refractivity contribution in [3.05, 3.63) is 0 Å². The molecule has 1 amide bonds. The number of hydrogen-bond acceptors (Lipinski definition) is 5. The van der Waals surface area contributed by atoms with Gasteiger partial charge in [-0.2, -0.15) is 0 Å². The van der Waals surface area contributed by atoms with E-state index >= 15 is 0 Å².